The third kappa shape index (κ3) is 3.08. The predicted molar refractivity (Wildman–Crippen MR) is 67.9 cm³/mol. The number of nitrogens with zero attached hydrogens (tertiary/aromatic N) is 1. The van der Waals surface area contributed by atoms with Crippen molar-refractivity contribution >= 4 is 27.7 Å². The van der Waals surface area contributed by atoms with Gasteiger partial charge in [0.1, 0.15) is 4.60 Å². The first-order valence-corrected chi connectivity index (χ1v) is 6.41. The van der Waals surface area contributed by atoms with E-state index in [0.29, 0.717) is 0 Å². The molecule has 1 aromatic heterocycles. The number of hydrogen-bond donors (Lipinski definition) is 0. The predicted octanol–water partition coefficient (Wildman–Crippen LogP) is 4.14. The van der Waals surface area contributed by atoms with E-state index in [2.05, 4.69) is 51.2 Å². The summed E-state index contributed by atoms with van der Waals surface area (Å²) in [5, 5.41) is 0. The van der Waals surface area contributed by atoms with Gasteiger partial charge in [-0.05, 0) is 39.7 Å². The van der Waals surface area contributed by atoms with Gasteiger partial charge >= 0.3 is 0 Å². The van der Waals surface area contributed by atoms with E-state index in [9.17, 15) is 0 Å². The van der Waals surface area contributed by atoms with Crippen molar-refractivity contribution < 1.29 is 0 Å². The largest absolute Gasteiger partial charge is 0.249 e. The molecule has 76 valence electrons. The maximum absolute atomic E-state index is 4.19. The van der Waals surface area contributed by atoms with Crippen LogP contribution in [0.5, 0.6) is 0 Å². The van der Waals surface area contributed by atoms with Gasteiger partial charge in [0, 0.05) is 16.8 Å². The van der Waals surface area contributed by atoms with Crippen LogP contribution in [0.4, 0.5) is 0 Å². The van der Waals surface area contributed by atoms with Gasteiger partial charge in [0.25, 0.3) is 0 Å². The number of halogens is 1. The molecule has 0 spiro atoms. The normalized spacial score (nSPS) is 10.2. The third-order valence-electron chi connectivity index (χ3n) is 1.97. The van der Waals surface area contributed by atoms with Crippen LogP contribution in [0, 0.1) is 0 Å². The zero-order valence-electron chi connectivity index (χ0n) is 8.06. The summed E-state index contributed by atoms with van der Waals surface area (Å²) in [4.78, 5) is 5.48. The fourth-order valence-electron chi connectivity index (χ4n) is 1.20. The molecule has 0 aliphatic carbocycles. The molecule has 1 heterocycles. The molecule has 0 bridgehead atoms. The van der Waals surface area contributed by atoms with Crippen LogP contribution in [0.2, 0.25) is 0 Å². The van der Waals surface area contributed by atoms with Crippen LogP contribution >= 0.6 is 27.7 Å². The number of benzene rings is 1. The van der Waals surface area contributed by atoms with Gasteiger partial charge in [-0.25, -0.2) is 4.98 Å². The van der Waals surface area contributed by atoms with E-state index in [1.165, 1.54) is 10.5 Å². The zero-order valence-corrected chi connectivity index (χ0v) is 10.5. The van der Waals surface area contributed by atoms with E-state index in [1.54, 1.807) is 6.20 Å². The van der Waals surface area contributed by atoms with Crippen LogP contribution in [-0.4, -0.2) is 4.98 Å². The maximum atomic E-state index is 4.19. The van der Waals surface area contributed by atoms with Gasteiger partial charge < -0.3 is 0 Å². The summed E-state index contributed by atoms with van der Waals surface area (Å²) in [5.74, 6) is 0.943. The van der Waals surface area contributed by atoms with Crippen LogP contribution in [0.25, 0.3) is 0 Å². The molecule has 0 saturated carbocycles. The van der Waals surface area contributed by atoms with Gasteiger partial charge in [-0.3, -0.25) is 0 Å². The van der Waals surface area contributed by atoms with Gasteiger partial charge in [0.2, 0.25) is 0 Å². The van der Waals surface area contributed by atoms with Gasteiger partial charge in [-0.2, -0.15) is 0 Å². The Balaban J connectivity index is 2.03. The second kappa shape index (κ2) is 5.33. The lowest BCUT2D eigenvalue weighted by Gasteiger charge is -2.03. The van der Waals surface area contributed by atoms with E-state index in [1.807, 2.05) is 23.9 Å². The van der Waals surface area contributed by atoms with Crippen LogP contribution in [0.15, 0.2) is 58.2 Å². The lowest BCUT2D eigenvalue weighted by molar-refractivity contribution is 1.20. The molecule has 0 unspecified atom stereocenters. The van der Waals surface area contributed by atoms with E-state index in [4.69, 9.17) is 0 Å². The van der Waals surface area contributed by atoms with E-state index < -0.39 is 0 Å². The topological polar surface area (TPSA) is 12.9 Å². The second-order valence-corrected chi connectivity index (χ2v) is 4.85. The maximum Gasteiger partial charge on any atom is 0.110 e. The quantitative estimate of drug-likeness (QED) is 0.619. The highest BCUT2D eigenvalue weighted by atomic mass is 79.9. The van der Waals surface area contributed by atoms with Gasteiger partial charge in [-0.1, -0.05) is 24.3 Å². The summed E-state index contributed by atoms with van der Waals surface area (Å²) in [7, 11) is 0. The van der Waals surface area contributed by atoms with Crippen molar-refractivity contribution in [3.63, 3.8) is 0 Å². The molecule has 2 rings (SSSR count). The zero-order chi connectivity index (χ0) is 10.5. The average Bonchev–Trinajstić information content (AvgIpc) is 2.29. The molecule has 0 fully saturated rings. The molecular formula is C12H10BrNS. The summed E-state index contributed by atoms with van der Waals surface area (Å²) in [6.07, 6.45) is 1.79. The molecule has 0 radical (unpaired) electrons. The second-order valence-electron chi connectivity index (χ2n) is 3.06. The van der Waals surface area contributed by atoms with E-state index in [-0.39, 0.29) is 0 Å². The molecule has 3 heteroatoms. The molecule has 0 aliphatic heterocycles. The number of rotatable bonds is 3. The Bertz CT molecular complexity index is 431. The number of hydrogen-bond acceptors (Lipinski definition) is 2. The first-order chi connectivity index (χ1) is 7.36. The van der Waals surface area contributed by atoms with Crippen LogP contribution in [0.1, 0.15) is 5.56 Å². The molecule has 1 nitrogen and oxygen atoms in total. The summed E-state index contributed by atoms with van der Waals surface area (Å²) < 4.78 is 0.938. The number of thioether (sulfide) groups is 1. The standard InChI is InChI=1S/C12H10BrNS/c13-12-10(5-4-8-14-12)9-15-11-6-2-1-3-7-11/h1-8H,9H2. The first kappa shape index (κ1) is 10.7. The minimum atomic E-state index is 0.938. The van der Waals surface area contributed by atoms with Crippen molar-refractivity contribution in [1.82, 2.24) is 4.98 Å². The van der Waals surface area contributed by atoms with Crippen LogP contribution in [-0.2, 0) is 5.75 Å². The highest BCUT2D eigenvalue weighted by molar-refractivity contribution is 9.10. The summed E-state index contributed by atoms with van der Waals surface area (Å²) in [6.45, 7) is 0. The minimum Gasteiger partial charge on any atom is -0.249 e. The number of aromatic nitrogens is 1. The summed E-state index contributed by atoms with van der Waals surface area (Å²) in [6, 6.07) is 14.4. The third-order valence-corrected chi connectivity index (χ3v) is 3.75. The SMILES string of the molecule is Brc1ncccc1CSc1ccccc1. The van der Waals surface area contributed by atoms with Gasteiger partial charge in [0.05, 0.1) is 0 Å². The number of pyridine rings is 1. The Morgan fingerprint density at radius 3 is 2.60 bits per heavy atom. The fraction of sp³-hybridized carbons (Fsp3) is 0.0833. The van der Waals surface area contributed by atoms with Crippen molar-refractivity contribution in [1.29, 1.82) is 0 Å². The molecular weight excluding hydrogens is 270 g/mol. The van der Waals surface area contributed by atoms with E-state index in [0.717, 1.165) is 10.4 Å². The summed E-state index contributed by atoms with van der Waals surface area (Å²) in [5.41, 5.74) is 1.23. The van der Waals surface area contributed by atoms with Crippen molar-refractivity contribution in [3.8, 4) is 0 Å². The minimum absolute atomic E-state index is 0.938. The van der Waals surface area contributed by atoms with Crippen LogP contribution < -0.4 is 0 Å². The summed E-state index contributed by atoms with van der Waals surface area (Å²) >= 11 is 5.26. The first-order valence-electron chi connectivity index (χ1n) is 4.63. The highest BCUT2D eigenvalue weighted by Crippen LogP contribution is 2.25. The molecule has 0 saturated heterocycles. The highest BCUT2D eigenvalue weighted by Gasteiger charge is 2.00. The molecule has 2 aromatic rings. The Morgan fingerprint density at radius 1 is 1.07 bits per heavy atom. The molecule has 0 aliphatic rings. The lowest BCUT2D eigenvalue weighted by atomic mass is 10.3. The molecule has 0 atom stereocenters. The van der Waals surface area contributed by atoms with Crippen molar-refractivity contribution in [3.05, 3.63) is 58.8 Å². The molecule has 15 heavy (non-hydrogen) atoms. The Kier molecular flexibility index (Phi) is 3.80. The Hall–Kier alpha value is -0.800. The van der Waals surface area contributed by atoms with E-state index >= 15 is 0 Å². The molecule has 0 amide bonds. The van der Waals surface area contributed by atoms with Crippen molar-refractivity contribution in [2.45, 2.75) is 10.6 Å². The van der Waals surface area contributed by atoms with Crippen LogP contribution in [0.3, 0.4) is 0 Å². The van der Waals surface area contributed by atoms with Gasteiger partial charge in [0.15, 0.2) is 0 Å². The Labute approximate surface area is 102 Å². The average molecular weight is 280 g/mol. The molecule has 0 N–H and O–H groups in total. The molecule has 1 aromatic carbocycles. The smallest absolute Gasteiger partial charge is 0.110 e. The fourth-order valence-corrected chi connectivity index (χ4v) is 2.69. The van der Waals surface area contributed by atoms with Crippen molar-refractivity contribution in [2.75, 3.05) is 0 Å². The lowest BCUT2D eigenvalue weighted by Crippen LogP contribution is -1.85. The van der Waals surface area contributed by atoms with Gasteiger partial charge in [-0.15, -0.1) is 11.8 Å². The monoisotopic (exact) mass is 279 g/mol. The van der Waals surface area contributed by atoms with Crippen molar-refractivity contribution in [2.24, 2.45) is 0 Å². The Morgan fingerprint density at radius 2 is 1.87 bits per heavy atom.